The van der Waals surface area contributed by atoms with Crippen molar-refractivity contribution in [3.8, 4) is 0 Å². The van der Waals surface area contributed by atoms with Gasteiger partial charge in [0.25, 0.3) is 10.0 Å². The van der Waals surface area contributed by atoms with Crippen LogP contribution in [0.3, 0.4) is 0 Å². The molecule has 0 heterocycles. The quantitative estimate of drug-likeness (QED) is 0.782. The molecule has 7 heteroatoms. The van der Waals surface area contributed by atoms with Gasteiger partial charge in [0.15, 0.2) is 0 Å². The monoisotopic (exact) mass is 236 g/mol. The Morgan fingerprint density at radius 2 is 2.00 bits per heavy atom. The second kappa shape index (κ2) is 4.01. The van der Waals surface area contributed by atoms with Gasteiger partial charge in [-0.1, -0.05) is 6.07 Å². The third kappa shape index (κ3) is 2.79. The molecule has 0 amide bonds. The van der Waals surface area contributed by atoms with Gasteiger partial charge in [-0.15, -0.1) is 0 Å². The topological polar surface area (TPSA) is 72.2 Å². The lowest BCUT2D eigenvalue weighted by Gasteiger charge is -2.09. The van der Waals surface area contributed by atoms with Crippen LogP contribution >= 0.6 is 0 Å². The summed E-state index contributed by atoms with van der Waals surface area (Å²) in [6, 6.07) is 4.40. The molecule has 0 unspecified atom stereocenters. The summed E-state index contributed by atoms with van der Waals surface area (Å²) in [7, 11) is -4.65. The first-order valence-electron chi connectivity index (χ1n) is 3.99. The molecule has 0 radical (unpaired) electrons. The molecule has 0 fully saturated rings. The second-order valence-electron chi connectivity index (χ2n) is 3.00. The van der Waals surface area contributed by atoms with Gasteiger partial charge in [-0.05, 0) is 24.6 Å². The number of rotatable bonds is 3. The average molecular weight is 236 g/mol. The van der Waals surface area contributed by atoms with Crippen LogP contribution in [0.2, 0.25) is 0 Å². The number of hydrogen-bond donors (Lipinski definition) is 2. The van der Waals surface area contributed by atoms with Gasteiger partial charge in [0.05, 0.1) is 11.4 Å². The summed E-state index contributed by atoms with van der Waals surface area (Å²) in [5.41, 5.74) is 6.34. The molecule has 0 saturated carbocycles. The number of nitrogens with one attached hydrogen (secondary N) is 1. The van der Waals surface area contributed by atoms with Gasteiger partial charge in [0.1, 0.15) is 0 Å². The van der Waals surface area contributed by atoms with Crippen molar-refractivity contribution >= 4 is 21.4 Å². The Labute approximate surface area is 86.1 Å². The number of benzene rings is 1. The standard InChI is InChI=1S/C8H10F2N2O2S/c1-5-2-3-7(6(11)4-5)12-15(13,14)8(9)10/h2-4,8,12H,11H2,1H3. The fourth-order valence-electron chi connectivity index (χ4n) is 0.973. The molecular weight excluding hydrogens is 226 g/mol. The van der Waals surface area contributed by atoms with E-state index in [-0.39, 0.29) is 11.4 Å². The summed E-state index contributed by atoms with van der Waals surface area (Å²) in [6.45, 7) is 1.75. The van der Waals surface area contributed by atoms with Crippen LogP contribution in [0.1, 0.15) is 5.56 Å². The van der Waals surface area contributed by atoms with Crippen molar-refractivity contribution in [3.05, 3.63) is 23.8 Å². The number of sulfonamides is 1. The van der Waals surface area contributed by atoms with E-state index in [0.717, 1.165) is 5.56 Å². The molecule has 0 aliphatic carbocycles. The van der Waals surface area contributed by atoms with Crippen LogP contribution in [-0.2, 0) is 10.0 Å². The number of aryl methyl sites for hydroxylation is 1. The van der Waals surface area contributed by atoms with Gasteiger partial charge in [-0.2, -0.15) is 8.78 Å². The highest BCUT2D eigenvalue weighted by atomic mass is 32.2. The van der Waals surface area contributed by atoms with Gasteiger partial charge in [0.2, 0.25) is 0 Å². The SMILES string of the molecule is Cc1ccc(NS(=O)(=O)C(F)F)c(N)c1. The van der Waals surface area contributed by atoms with Crippen LogP contribution in [0.4, 0.5) is 20.2 Å². The van der Waals surface area contributed by atoms with Crippen molar-refractivity contribution in [2.45, 2.75) is 12.7 Å². The predicted octanol–water partition coefficient (Wildman–Crippen LogP) is 1.54. The van der Waals surface area contributed by atoms with Crippen molar-refractivity contribution in [3.63, 3.8) is 0 Å². The van der Waals surface area contributed by atoms with E-state index < -0.39 is 15.8 Å². The Morgan fingerprint density at radius 1 is 1.40 bits per heavy atom. The molecule has 1 aromatic rings. The van der Waals surface area contributed by atoms with Gasteiger partial charge < -0.3 is 5.73 Å². The van der Waals surface area contributed by atoms with Crippen LogP contribution in [0.5, 0.6) is 0 Å². The molecule has 0 aliphatic rings. The maximum Gasteiger partial charge on any atom is 0.355 e. The maximum absolute atomic E-state index is 12.0. The van der Waals surface area contributed by atoms with E-state index >= 15 is 0 Å². The summed E-state index contributed by atoms with van der Waals surface area (Å²) in [5, 5.41) is 0. The first kappa shape index (κ1) is 11.7. The van der Waals surface area contributed by atoms with Crippen molar-refractivity contribution in [2.75, 3.05) is 10.5 Å². The van der Waals surface area contributed by atoms with Crippen LogP contribution in [0.15, 0.2) is 18.2 Å². The molecule has 0 bridgehead atoms. The fraction of sp³-hybridized carbons (Fsp3) is 0.250. The summed E-state index contributed by atoms with van der Waals surface area (Å²) in [5.74, 6) is -3.47. The smallest absolute Gasteiger partial charge is 0.355 e. The van der Waals surface area contributed by atoms with Crippen molar-refractivity contribution < 1.29 is 17.2 Å². The van der Waals surface area contributed by atoms with E-state index in [9.17, 15) is 17.2 Å². The lowest BCUT2D eigenvalue weighted by molar-refractivity contribution is 0.236. The van der Waals surface area contributed by atoms with Crippen LogP contribution in [0.25, 0.3) is 0 Å². The van der Waals surface area contributed by atoms with Crippen LogP contribution in [0, 0.1) is 6.92 Å². The zero-order valence-corrected chi connectivity index (χ0v) is 8.68. The maximum atomic E-state index is 12.0. The summed E-state index contributed by atoms with van der Waals surface area (Å²) in [4.78, 5) is 0. The third-order valence-corrected chi connectivity index (χ3v) is 2.67. The number of halogens is 2. The highest BCUT2D eigenvalue weighted by molar-refractivity contribution is 7.93. The number of nitrogens with two attached hydrogens (primary N) is 1. The molecule has 1 aromatic carbocycles. The highest BCUT2D eigenvalue weighted by Crippen LogP contribution is 2.22. The molecule has 0 aliphatic heterocycles. The number of alkyl halides is 2. The Bertz CT molecular complexity index is 460. The van der Waals surface area contributed by atoms with E-state index in [4.69, 9.17) is 5.73 Å². The number of hydrogen-bond acceptors (Lipinski definition) is 3. The zero-order valence-electron chi connectivity index (χ0n) is 7.87. The lowest BCUT2D eigenvalue weighted by Crippen LogP contribution is -2.21. The van der Waals surface area contributed by atoms with Crippen LogP contribution < -0.4 is 10.5 Å². The van der Waals surface area contributed by atoms with Gasteiger partial charge >= 0.3 is 5.76 Å². The van der Waals surface area contributed by atoms with Gasteiger partial charge in [-0.25, -0.2) is 8.42 Å². The molecule has 1 rings (SSSR count). The molecule has 0 saturated heterocycles. The van der Waals surface area contributed by atoms with Crippen molar-refractivity contribution in [2.24, 2.45) is 0 Å². The molecule has 0 aromatic heterocycles. The predicted molar refractivity (Wildman–Crippen MR) is 54.1 cm³/mol. The Balaban J connectivity index is 3.01. The summed E-state index contributed by atoms with van der Waals surface area (Å²) < 4.78 is 47.4. The molecule has 0 atom stereocenters. The Morgan fingerprint density at radius 3 is 2.47 bits per heavy atom. The van der Waals surface area contributed by atoms with E-state index in [1.807, 2.05) is 0 Å². The van der Waals surface area contributed by atoms with Crippen LogP contribution in [-0.4, -0.2) is 14.2 Å². The normalized spacial score (nSPS) is 11.7. The highest BCUT2D eigenvalue weighted by Gasteiger charge is 2.24. The minimum atomic E-state index is -4.65. The van der Waals surface area contributed by atoms with Crippen molar-refractivity contribution in [1.29, 1.82) is 0 Å². The zero-order chi connectivity index (χ0) is 11.6. The second-order valence-corrected chi connectivity index (χ2v) is 4.65. The van der Waals surface area contributed by atoms with Crippen molar-refractivity contribution in [1.82, 2.24) is 0 Å². The van der Waals surface area contributed by atoms with E-state index in [1.54, 1.807) is 17.7 Å². The minimum absolute atomic E-state index is 0.0408. The first-order chi connectivity index (χ1) is 6.83. The van der Waals surface area contributed by atoms with E-state index in [2.05, 4.69) is 0 Å². The molecular formula is C8H10F2N2O2S. The molecule has 3 N–H and O–H groups in total. The largest absolute Gasteiger partial charge is 0.397 e. The summed E-state index contributed by atoms with van der Waals surface area (Å²) >= 11 is 0. The number of nitrogen functional groups attached to an aromatic ring is 1. The van der Waals surface area contributed by atoms with Gasteiger partial charge in [0, 0.05) is 0 Å². The van der Waals surface area contributed by atoms with E-state index in [0.29, 0.717) is 0 Å². The first-order valence-corrected chi connectivity index (χ1v) is 5.53. The molecule has 15 heavy (non-hydrogen) atoms. The minimum Gasteiger partial charge on any atom is -0.397 e. The van der Waals surface area contributed by atoms with Gasteiger partial charge in [-0.3, -0.25) is 4.72 Å². The Hall–Kier alpha value is -1.37. The average Bonchev–Trinajstić information content (AvgIpc) is 2.09. The lowest BCUT2D eigenvalue weighted by atomic mass is 10.2. The summed E-state index contributed by atoms with van der Waals surface area (Å²) in [6.07, 6.45) is 0. The third-order valence-electron chi connectivity index (χ3n) is 1.69. The fourth-order valence-corrected chi connectivity index (χ4v) is 1.55. The molecule has 84 valence electrons. The Kier molecular flexibility index (Phi) is 3.13. The number of anilines is 2. The van der Waals surface area contributed by atoms with E-state index in [1.165, 1.54) is 12.1 Å². The molecule has 4 nitrogen and oxygen atoms in total. The molecule has 0 spiro atoms.